The second-order valence-corrected chi connectivity index (χ2v) is 3.14. The first-order chi connectivity index (χ1) is 7.90. The van der Waals surface area contributed by atoms with Gasteiger partial charge < -0.3 is 10.3 Å². The largest absolute Gasteiger partial charge is 0.457 e. The number of unbranched alkanes of at least 4 members (excludes halogenated alkanes) is 2. The molecule has 7 heteroatoms. The highest BCUT2D eigenvalue weighted by atomic mass is 19.4. The summed E-state index contributed by atoms with van der Waals surface area (Å²) in [6.45, 7) is -0.0581. The van der Waals surface area contributed by atoms with Crippen molar-refractivity contribution in [2.75, 3.05) is 6.61 Å². The first kappa shape index (κ1) is 15.2. The summed E-state index contributed by atoms with van der Waals surface area (Å²) in [7, 11) is 0. The van der Waals surface area contributed by atoms with Crippen LogP contribution in [0.2, 0.25) is 0 Å². The molecule has 0 aliphatic heterocycles. The first-order valence-electron chi connectivity index (χ1n) is 4.79. The number of carbonyl (C=O) groups excluding carboxylic acids is 1. The van der Waals surface area contributed by atoms with Crippen LogP contribution in [0.5, 0.6) is 0 Å². The van der Waals surface area contributed by atoms with Gasteiger partial charge in [0.15, 0.2) is 6.42 Å². The highest BCUT2D eigenvalue weighted by molar-refractivity contribution is 6.34. The Morgan fingerprint density at radius 3 is 2.53 bits per heavy atom. The van der Waals surface area contributed by atoms with E-state index in [1.165, 1.54) is 0 Å². The second kappa shape index (κ2) is 7.47. The number of rotatable bonds is 6. The molecule has 0 amide bonds. The molecule has 0 aromatic heterocycles. The molecule has 0 saturated carbocycles. The van der Waals surface area contributed by atoms with Gasteiger partial charge in [-0.25, -0.2) is 4.79 Å². The van der Waals surface area contributed by atoms with E-state index in [9.17, 15) is 18.0 Å². The lowest BCUT2D eigenvalue weighted by atomic mass is 10.2. The summed E-state index contributed by atoms with van der Waals surface area (Å²) in [6.07, 6.45) is 0.287. The fourth-order valence-electron chi connectivity index (χ4n) is 0.916. The molecule has 0 spiro atoms. The predicted octanol–water partition coefficient (Wildman–Crippen LogP) is 1.96. The third-order valence-corrected chi connectivity index (χ3v) is 1.67. The van der Waals surface area contributed by atoms with E-state index in [4.69, 9.17) is 12.0 Å². The van der Waals surface area contributed by atoms with E-state index in [-0.39, 0.29) is 6.61 Å². The minimum atomic E-state index is -4.62. The van der Waals surface area contributed by atoms with Gasteiger partial charge in [-0.05, 0) is 12.8 Å². The number of terminal acetylenes is 1. The predicted molar refractivity (Wildman–Crippen MR) is 52.9 cm³/mol. The van der Waals surface area contributed by atoms with Crippen LogP contribution in [-0.2, 0) is 9.53 Å². The number of hydrogen-bond acceptors (Lipinski definition) is 2. The fraction of sp³-hybridized carbons (Fsp3) is 0.600. The van der Waals surface area contributed by atoms with E-state index < -0.39 is 24.3 Å². The van der Waals surface area contributed by atoms with Gasteiger partial charge in [-0.3, -0.25) is 0 Å². The van der Waals surface area contributed by atoms with Gasteiger partial charge in [-0.2, -0.15) is 18.0 Å². The van der Waals surface area contributed by atoms with E-state index >= 15 is 0 Å². The van der Waals surface area contributed by atoms with Crippen molar-refractivity contribution in [3.8, 4) is 12.3 Å². The summed E-state index contributed by atoms with van der Waals surface area (Å²) in [4.78, 5) is 13.3. The van der Waals surface area contributed by atoms with Gasteiger partial charge >= 0.3 is 17.9 Å². The molecule has 0 aromatic rings. The van der Waals surface area contributed by atoms with Crippen molar-refractivity contribution in [3.05, 3.63) is 5.53 Å². The molecule has 0 aliphatic rings. The maximum Gasteiger partial charge on any atom is 0.417 e. The van der Waals surface area contributed by atoms with E-state index in [2.05, 4.69) is 15.4 Å². The average Bonchev–Trinajstić information content (AvgIpc) is 2.24. The minimum Gasteiger partial charge on any atom is -0.457 e. The van der Waals surface area contributed by atoms with Crippen LogP contribution < -0.4 is 0 Å². The van der Waals surface area contributed by atoms with Crippen molar-refractivity contribution in [3.63, 3.8) is 0 Å². The quantitative estimate of drug-likeness (QED) is 0.180. The number of halogens is 3. The second-order valence-electron chi connectivity index (χ2n) is 3.14. The van der Waals surface area contributed by atoms with Crippen LogP contribution in [-0.4, -0.2) is 29.3 Å². The van der Waals surface area contributed by atoms with E-state index in [0.29, 0.717) is 19.3 Å². The summed E-state index contributed by atoms with van der Waals surface area (Å²) in [5.74, 6) is 1.10. The van der Waals surface area contributed by atoms with Crippen LogP contribution in [0.4, 0.5) is 13.2 Å². The third-order valence-electron chi connectivity index (χ3n) is 1.67. The number of alkyl halides is 3. The molecule has 0 unspecified atom stereocenters. The molecular weight excluding hydrogens is 237 g/mol. The molecule has 17 heavy (non-hydrogen) atoms. The summed E-state index contributed by atoms with van der Waals surface area (Å²) in [5, 5.41) is 0. The number of carbonyl (C=O) groups is 1. The van der Waals surface area contributed by atoms with Gasteiger partial charge in [-0.15, -0.1) is 12.3 Å². The molecule has 0 fully saturated rings. The highest BCUT2D eigenvalue weighted by Gasteiger charge is 2.38. The van der Waals surface area contributed by atoms with Gasteiger partial charge in [0.2, 0.25) is 0 Å². The fourth-order valence-corrected chi connectivity index (χ4v) is 0.916. The Kier molecular flexibility index (Phi) is 6.68. The zero-order chi connectivity index (χ0) is 13.3. The topological polar surface area (TPSA) is 62.7 Å². The lowest BCUT2D eigenvalue weighted by Gasteiger charge is -2.03. The van der Waals surface area contributed by atoms with E-state index in [0.717, 1.165) is 0 Å². The molecule has 4 nitrogen and oxygen atoms in total. The Labute approximate surface area is 96.4 Å². The molecule has 0 rings (SSSR count). The van der Waals surface area contributed by atoms with E-state index in [1.54, 1.807) is 0 Å². The lowest BCUT2D eigenvalue weighted by Crippen LogP contribution is -2.25. The van der Waals surface area contributed by atoms with Crippen molar-refractivity contribution < 1.29 is 27.5 Å². The number of hydrogen-bond donors (Lipinski definition) is 0. The number of esters is 1. The van der Waals surface area contributed by atoms with Crippen molar-refractivity contribution in [2.24, 2.45) is 0 Å². The first-order valence-corrected chi connectivity index (χ1v) is 4.79. The Morgan fingerprint density at radius 2 is 2.06 bits per heavy atom. The smallest absolute Gasteiger partial charge is 0.417 e. The van der Waals surface area contributed by atoms with Crippen LogP contribution in [0.15, 0.2) is 0 Å². The molecule has 0 bridgehead atoms. The molecule has 0 radical (unpaired) electrons. The highest BCUT2D eigenvalue weighted by Crippen LogP contribution is 2.19. The van der Waals surface area contributed by atoms with Gasteiger partial charge in [0.25, 0.3) is 0 Å². The Balaban J connectivity index is 4.04. The van der Waals surface area contributed by atoms with Crippen LogP contribution >= 0.6 is 0 Å². The molecule has 0 saturated heterocycles. The Hall–Kier alpha value is -1.80. The average molecular weight is 248 g/mol. The van der Waals surface area contributed by atoms with Gasteiger partial charge in [0, 0.05) is 6.42 Å². The molecule has 94 valence electrons. The van der Waals surface area contributed by atoms with Gasteiger partial charge in [0.05, 0.1) is 6.61 Å². The van der Waals surface area contributed by atoms with Crippen LogP contribution in [0.25, 0.3) is 5.53 Å². The molecular formula is C10H11F3N2O2. The maximum atomic E-state index is 11.9. The molecule has 0 atom stereocenters. The summed E-state index contributed by atoms with van der Waals surface area (Å²) >= 11 is 0. The van der Waals surface area contributed by atoms with Gasteiger partial charge in [-0.1, -0.05) is 0 Å². The monoisotopic (exact) mass is 248 g/mol. The van der Waals surface area contributed by atoms with Crippen molar-refractivity contribution in [1.29, 1.82) is 0 Å². The minimum absolute atomic E-state index is 0.0581. The van der Waals surface area contributed by atoms with Crippen molar-refractivity contribution >= 4 is 11.7 Å². The number of nitrogens with zero attached hydrogens (tertiary/aromatic N) is 2. The van der Waals surface area contributed by atoms with Gasteiger partial charge in [0.1, 0.15) is 0 Å². The molecule has 0 heterocycles. The van der Waals surface area contributed by atoms with Crippen LogP contribution in [0.1, 0.15) is 25.7 Å². The van der Waals surface area contributed by atoms with Crippen LogP contribution in [0, 0.1) is 12.3 Å². The zero-order valence-corrected chi connectivity index (χ0v) is 8.96. The molecule has 0 N–H and O–H groups in total. The lowest BCUT2D eigenvalue weighted by molar-refractivity contribution is -0.149. The molecule has 0 aromatic carbocycles. The van der Waals surface area contributed by atoms with Crippen molar-refractivity contribution in [2.45, 2.75) is 31.9 Å². The maximum absolute atomic E-state index is 11.9. The van der Waals surface area contributed by atoms with E-state index in [1.807, 2.05) is 0 Å². The standard InChI is InChI=1S/C10H11F3N2O2/c1-2-3-4-5-6-17-9(16)8(15-14)7-10(11,12)13/h1H,3-7H2. The Bertz CT molecular complexity index is 352. The normalized spacial score (nSPS) is 10.2. The van der Waals surface area contributed by atoms with Crippen LogP contribution in [0.3, 0.4) is 0 Å². The SMILES string of the molecule is C#CCCCCOC(=O)C(CC(F)(F)F)=[N+]=[N-]. The summed E-state index contributed by atoms with van der Waals surface area (Å²) in [6, 6.07) is 0. The summed E-state index contributed by atoms with van der Waals surface area (Å²) < 4.78 is 40.2. The zero-order valence-electron chi connectivity index (χ0n) is 8.96. The third kappa shape index (κ3) is 8.05. The number of ether oxygens (including phenoxy) is 1. The molecule has 0 aliphatic carbocycles. The Morgan fingerprint density at radius 1 is 1.41 bits per heavy atom. The van der Waals surface area contributed by atoms with Crippen molar-refractivity contribution in [1.82, 2.24) is 0 Å². The summed E-state index contributed by atoms with van der Waals surface area (Å²) in [5.41, 5.74) is 7.20.